The van der Waals surface area contributed by atoms with Gasteiger partial charge in [0.05, 0.1) is 6.20 Å². The Morgan fingerprint density at radius 2 is 1.57 bits per heavy atom. The van der Waals surface area contributed by atoms with Gasteiger partial charge in [-0.1, -0.05) is 29.8 Å². The Hall–Kier alpha value is -3.15. The molecular weight excluding hydrogens is 348 g/mol. The lowest BCUT2D eigenvalue weighted by atomic mass is 10.1. The number of nitrogens with zero attached hydrogens (tertiary/aromatic N) is 5. The highest BCUT2D eigenvalue weighted by Crippen LogP contribution is 2.25. The van der Waals surface area contributed by atoms with Crippen LogP contribution >= 0.6 is 0 Å². The third-order valence-electron chi connectivity index (χ3n) is 5.37. The molecule has 3 aromatic rings. The first-order valence-corrected chi connectivity index (χ1v) is 9.70. The Balaban J connectivity index is 1.43. The van der Waals surface area contributed by atoms with Crippen LogP contribution in [0.3, 0.4) is 0 Å². The molecule has 6 heteroatoms. The van der Waals surface area contributed by atoms with Gasteiger partial charge < -0.3 is 15.1 Å². The van der Waals surface area contributed by atoms with E-state index in [1.54, 1.807) is 6.20 Å². The Morgan fingerprint density at radius 3 is 2.32 bits per heavy atom. The summed E-state index contributed by atoms with van der Waals surface area (Å²) in [5, 5.41) is 11.5. The molecular formula is C22H26N6. The first kappa shape index (κ1) is 18.2. The number of nitrogens with one attached hydrogen (secondary N) is 1. The van der Waals surface area contributed by atoms with E-state index in [9.17, 15) is 0 Å². The highest BCUT2D eigenvalue weighted by Gasteiger charge is 2.20. The molecule has 28 heavy (non-hydrogen) atoms. The number of anilines is 4. The van der Waals surface area contributed by atoms with Crippen LogP contribution in [0.25, 0.3) is 0 Å². The topological polar surface area (TPSA) is 57.2 Å². The lowest BCUT2D eigenvalue weighted by Crippen LogP contribution is -2.47. The van der Waals surface area contributed by atoms with Crippen LogP contribution in [0.2, 0.25) is 0 Å². The van der Waals surface area contributed by atoms with E-state index in [0.717, 1.165) is 37.7 Å². The maximum absolute atomic E-state index is 4.67. The summed E-state index contributed by atoms with van der Waals surface area (Å²) in [6.07, 6.45) is 1.74. The monoisotopic (exact) mass is 374 g/mol. The van der Waals surface area contributed by atoms with E-state index in [4.69, 9.17) is 0 Å². The van der Waals surface area contributed by atoms with Crippen LogP contribution in [0.15, 0.2) is 48.7 Å². The minimum atomic E-state index is 0.526. The van der Waals surface area contributed by atoms with Crippen molar-refractivity contribution in [1.29, 1.82) is 0 Å². The molecule has 0 atom stereocenters. The van der Waals surface area contributed by atoms with Crippen LogP contribution in [0.4, 0.5) is 23.1 Å². The molecule has 0 spiro atoms. The third kappa shape index (κ3) is 3.91. The zero-order chi connectivity index (χ0) is 19.5. The Labute approximate surface area is 166 Å². The van der Waals surface area contributed by atoms with Crippen LogP contribution in [-0.2, 0) is 0 Å². The van der Waals surface area contributed by atoms with Crippen LogP contribution in [0.1, 0.15) is 16.7 Å². The maximum Gasteiger partial charge on any atom is 0.249 e. The molecule has 1 aromatic heterocycles. The smallest absolute Gasteiger partial charge is 0.249 e. The number of hydrogen-bond donors (Lipinski definition) is 1. The molecule has 0 bridgehead atoms. The predicted octanol–water partition coefficient (Wildman–Crippen LogP) is 3.87. The number of piperazine rings is 1. The molecule has 1 aliphatic rings. The van der Waals surface area contributed by atoms with Gasteiger partial charge in [-0.3, -0.25) is 0 Å². The first-order chi connectivity index (χ1) is 13.6. The van der Waals surface area contributed by atoms with Crippen molar-refractivity contribution in [3.8, 4) is 0 Å². The molecule has 0 radical (unpaired) electrons. The molecule has 2 heterocycles. The summed E-state index contributed by atoms with van der Waals surface area (Å²) in [5.74, 6) is 1.39. The Kier molecular flexibility index (Phi) is 5.10. The Morgan fingerprint density at radius 1 is 0.857 bits per heavy atom. The second-order valence-corrected chi connectivity index (χ2v) is 7.32. The number of rotatable bonds is 4. The van der Waals surface area contributed by atoms with Crippen LogP contribution < -0.4 is 15.1 Å². The lowest BCUT2D eigenvalue weighted by molar-refractivity contribution is 0.643. The van der Waals surface area contributed by atoms with Crippen LogP contribution in [0.5, 0.6) is 0 Å². The molecule has 0 saturated carbocycles. The summed E-state index contributed by atoms with van der Waals surface area (Å²) >= 11 is 0. The second kappa shape index (κ2) is 7.84. The summed E-state index contributed by atoms with van der Waals surface area (Å²) in [5.41, 5.74) is 6.22. The highest BCUT2D eigenvalue weighted by atomic mass is 15.3. The minimum absolute atomic E-state index is 0.526. The molecule has 1 saturated heterocycles. The zero-order valence-corrected chi connectivity index (χ0v) is 16.7. The number of aryl methyl sites for hydroxylation is 2. The number of aromatic nitrogens is 3. The zero-order valence-electron chi connectivity index (χ0n) is 16.7. The normalized spacial score (nSPS) is 14.2. The van der Waals surface area contributed by atoms with Gasteiger partial charge in [-0.15, -0.1) is 5.10 Å². The molecule has 0 unspecified atom stereocenters. The van der Waals surface area contributed by atoms with Gasteiger partial charge in [0.15, 0.2) is 5.82 Å². The van der Waals surface area contributed by atoms with E-state index in [1.807, 2.05) is 12.1 Å². The quantitative estimate of drug-likeness (QED) is 0.748. The largest absolute Gasteiger partial charge is 0.368 e. The van der Waals surface area contributed by atoms with Crippen molar-refractivity contribution >= 4 is 23.1 Å². The van der Waals surface area contributed by atoms with Gasteiger partial charge in [0, 0.05) is 37.6 Å². The molecule has 0 amide bonds. The van der Waals surface area contributed by atoms with Gasteiger partial charge in [-0.05, 0) is 50.1 Å². The number of benzene rings is 2. The van der Waals surface area contributed by atoms with Gasteiger partial charge in [0.25, 0.3) is 0 Å². The fraction of sp³-hybridized carbons (Fsp3) is 0.318. The molecule has 0 aliphatic carbocycles. The van der Waals surface area contributed by atoms with Crippen LogP contribution in [-0.4, -0.2) is 41.4 Å². The van der Waals surface area contributed by atoms with Gasteiger partial charge in [-0.2, -0.15) is 10.1 Å². The fourth-order valence-electron chi connectivity index (χ4n) is 3.52. The van der Waals surface area contributed by atoms with E-state index in [-0.39, 0.29) is 0 Å². The molecule has 1 fully saturated rings. The molecule has 2 aromatic carbocycles. The average molecular weight is 374 g/mol. The molecule has 144 valence electrons. The Bertz CT molecular complexity index is 945. The fourth-order valence-corrected chi connectivity index (χ4v) is 3.52. The summed E-state index contributed by atoms with van der Waals surface area (Å²) in [6, 6.07) is 14.7. The van der Waals surface area contributed by atoms with E-state index < -0.39 is 0 Å². The van der Waals surface area contributed by atoms with E-state index in [0.29, 0.717) is 5.95 Å². The predicted molar refractivity (Wildman–Crippen MR) is 115 cm³/mol. The summed E-state index contributed by atoms with van der Waals surface area (Å²) in [6.45, 7) is 10.2. The molecule has 1 N–H and O–H groups in total. The first-order valence-electron chi connectivity index (χ1n) is 9.70. The summed E-state index contributed by atoms with van der Waals surface area (Å²) in [4.78, 5) is 9.40. The van der Waals surface area contributed by atoms with Crippen molar-refractivity contribution < 1.29 is 0 Å². The lowest BCUT2D eigenvalue weighted by Gasteiger charge is -2.37. The van der Waals surface area contributed by atoms with Crippen LogP contribution in [0, 0.1) is 20.8 Å². The SMILES string of the molecule is Cc1ccc(Nc2nncc(N3CCN(c4cccc(C)c4C)CC3)n2)cc1. The maximum atomic E-state index is 4.67. The van der Waals surface area contributed by atoms with Gasteiger partial charge in [0.2, 0.25) is 5.95 Å². The van der Waals surface area contributed by atoms with Crippen molar-refractivity contribution in [3.05, 3.63) is 65.4 Å². The number of hydrogen-bond acceptors (Lipinski definition) is 6. The van der Waals surface area contributed by atoms with Crippen molar-refractivity contribution in [2.24, 2.45) is 0 Å². The molecule has 6 nitrogen and oxygen atoms in total. The van der Waals surface area contributed by atoms with E-state index in [1.165, 1.54) is 22.4 Å². The van der Waals surface area contributed by atoms with Gasteiger partial charge in [0.1, 0.15) is 0 Å². The van der Waals surface area contributed by atoms with E-state index in [2.05, 4.69) is 81.4 Å². The van der Waals surface area contributed by atoms with Crippen molar-refractivity contribution in [3.63, 3.8) is 0 Å². The van der Waals surface area contributed by atoms with Gasteiger partial charge in [-0.25, -0.2) is 0 Å². The van der Waals surface area contributed by atoms with Gasteiger partial charge >= 0.3 is 0 Å². The minimum Gasteiger partial charge on any atom is -0.368 e. The average Bonchev–Trinajstić information content (AvgIpc) is 2.72. The second-order valence-electron chi connectivity index (χ2n) is 7.32. The molecule has 1 aliphatic heterocycles. The standard InChI is InChI=1S/C22H26N6/c1-16-7-9-19(10-8-16)24-22-25-21(15-23-26-22)28-13-11-27(12-14-28)20-6-4-5-17(2)18(20)3/h4-10,15H,11-14H2,1-3H3,(H,24,25,26). The third-order valence-corrected chi connectivity index (χ3v) is 5.37. The van der Waals surface area contributed by atoms with Crippen molar-refractivity contribution in [2.75, 3.05) is 41.3 Å². The summed E-state index contributed by atoms with van der Waals surface area (Å²) < 4.78 is 0. The highest BCUT2D eigenvalue weighted by molar-refractivity contribution is 5.58. The van der Waals surface area contributed by atoms with E-state index >= 15 is 0 Å². The molecule has 4 rings (SSSR count). The van der Waals surface area contributed by atoms with Crippen molar-refractivity contribution in [2.45, 2.75) is 20.8 Å². The van der Waals surface area contributed by atoms with Crippen molar-refractivity contribution in [1.82, 2.24) is 15.2 Å². The summed E-state index contributed by atoms with van der Waals surface area (Å²) in [7, 11) is 0.